The van der Waals surface area contributed by atoms with E-state index < -0.39 is 0 Å². The molecule has 2 N–H and O–H groups in total. The van der Waals surface area contributed by atoms with E-state index in [1.165, 1.54) is 19.4 Å². The molecule has 7 nitrogen and oxygen atoms in total. The van der Waals surface area contributed by atoms with Crippen molar-refractivity contribution >= 4 is 35.6 Å². The number of likely N-dealkylation sites (tertiary alicyclic amines) is 1. The molecule has 0 bridgehead atoms. The van der Waals surface area contributed by atoms with Gasteiger partial charge in [-0.25, -0.2) is 0 Å². The maximum absolute atomic E-state index is 4.27. The Labute approximate surface area is 153 Å². The molecule has 23 heavy (non-hydrogen) atoms. The third-order valence-electron chi connectivity index (χ3n) is 4.20. The number of fused-ring (bicyclic) bond motifs is 1. The number of hydrogen-bond donors (Lipinski definition) is 2. The van der Waals surface area contributed by atoms with Gasteiger partial charge >= 0.3 is 0 Å². The van der Waals surface area contributed by atoms with Crippen molar-refractivity contribution in [3.8, 4) is 0 Å². The molecular weight excluding hydrogens is 405 g/mol. The van der Waals surface area contributed by atoms with Crippen LogP contribution in [0.2, 0.25) is 0 Å². The minimum atomic E-state index is 0. The molecule has 1 atom stereocenters. The number of nitrogens with one attached hydrogen (secondary N) is 2. The largest absolute Gasteiger partial charge is 0.355 e. The Morgan fingerprint density at radius 3 is 2.96 bits per heavy atom. The van der Waals surface area contributed by atoms with Crippen molar-refractivity contribution in [3.63, 3.8) is 0 Å². The first-order valence-electron chi connectivity index (χ1n) is 7.71. The zero-order valence-corrected chi connectivity index (χ0v) is 15.9. The first-order chi connectivity index (χ1) is 10.8. The molecule has 1 aliphatic heterocycles. The highest BCUT2D eigenvalue weighted by atomic mass is 127. The SMILES string of the molecule is CN=C(NCc1nnc2ccccn12)NCC1CCCN1C.I. The minimum Gasteiger partial charge on any atom is -0.355 e. The molecule has 0 aromatic carbocycles. The Bertz CT molecular complexity index is 654. The maximum atomic E-state index is 4.27. The normalized spacial score (nSPS) is 18.9. The molecule has 2 aromatic heterocycles. The summed E-state index contributed by atoms with van der Waals surface area (Å²) in [4.78, 5) is 6.67. The highest BCUT2D eigenvalue weighted by Crippen LogP contribution is 2.13. The molecule has 126 valence electrons. The van der Waals surface area contributed by atoms with Crippen molar-refractivity contribution in [1.82, 2.24) is 30.1 Å². The van der Waals surface area contributed by atoms with E-state index in [1.807, 2.05) is 28.8 Å². The Morgan fingerprint density at radius 2 is 2.22 bits per heavy atom. The third kappa shape index (κ3) is 4.31. The molecule has 0 amide bonds. The van der Waals surface area contributed by atoms with Crippen LogP contribution in [0, 0.1) is 0 Å². The minimum absolute atomic E-state index is 0. The van der Waals surface area contributed by atoms with Crippen molar-refractivity contribution in [2.45, 2.75) is 25.4 Å². The van der Waals surface area contributed by atoms with Crippen LogP contribution in [-0.4, -0.2) is 58.7 Å². The van der Waals surface area contributed by atoms with E-state index in [-0.39, 0.29) is 24.0 Å². The van der Waals surface area contributed by atoms with Crippen LogP contribution in [-0.2, 0) is 6.54 Å². The maximum Gasteiger partial charge on any atom is 0.191 e. The average molecular weight is 429 g/mol. The lowest BCUT2D eigenvalue weighted by atomic mass is 10.2. The van der Waals surface area contributed by atoms with Gasteiger partial charge in [0, 0.05) is 25.8 Å². The van der Waals surface area contributed by atoms with Gasteiger partial charge in [0.25, 0.3) is 0 Å². The number of aromatic nitrogens is 3. The lowest BCUT2D eigenvalue weighted by molar-refractivity contribution is 0.309. The van der Waals surface area contributed by atoms with Crippen LogP contribution >= 0.6 is 24.0 Å². The van der Waals surface area contributed by atoms with Crippen LogP contribution in [0.5, 0.6) is 0 Å². The van der Waals surface area contributed by atoms with Gasteiger partial charge in [-0.15, -0.1) is 34.2 Å². The molecule has 0 radical (unpaired) electrons. The molecule has 8 heteroatoms. The van der Waals surface area contributed by atoms with E-state index in [4.69, 9.17) is 0 Å². The average Bonchev–Trinajstić information content (AvgIpc) is 3.14. The van der Waals surface area contributed by atoms with Gasteiger partial charge in [-0.1, -0.05) is 6.07 Å². The van der Waals surface area contributed by atoms with Crippen LogP contribution in [0.4, 0.5) is 0 Å². The Hall–Kier alpha value is -1.42. The lowest BCUT2D eigenvalue weighted by Gasteiger charge is -2.21. The molecule has 3 heterocycles. The topological polar surface area (TPSA) is 69.8 Å². The third-order valence-corrected chi connectivity index (χ3v) is 4.20. The van der Waals surface area contributed by atoms with Gasteiger partial charge in [0.05, 0.1) is 6.54 Å². The van der Waals surface area contributed by atoms with Gasteiger partial charge in [0.1, 0.15) is 0 Å². The molecule has 1 aliphatic rings. The van der Waals surface area contributed by atoms with Crippen LogP contribution in [0.1, 0.15) is 18.7 Å². The fourth-order valence-corrected chi connectivity index (χ4v) is 2.85. The van der Waals surface area contributed by atoms with Gasteiger partial charge in [0.15, 0.2) is 17.4 Å². The summed E-state index contributed by atoms with van der Waals surface area (Å²) in [5.74, 6) is 1.67. The van der Waals surface area contributed by atoms with Crippen LogP contribution in [0.15, 0.2) is 29.4 Å². The summed E-state index contributed by atoms with van der Waals surface area (Å²) >= 11 is 0. The van der Waals surface area contributed by atoms with Crippen molar-refractivity contribution in [3.05, 3.63) is 30.2 Å². The van der Waals surface area contributed by atoms with Gasteiger partial charge in [-0.05, 0) is 38.6 Å². The van der Waals surface area contributed by atoms with Crippen molar-refractivity contribution < 1.29 is 0 Å². The summed E-state index contributed by atoms with van der Waals surface area (Å²) in [7, 11) is 3.97. The highest BCUT2D eigenvalue weighted by Gasteiger charge is 2.20. The number of guanidine groups is 1. The van der Waals surface area contributed by atoms with Crippen LogP contribution < -0.4 is 10.6 Å². The molecule has 1 unspecified atom stereocenters. The summed E-state index contributed by atoms with van der Waals surface area (Å²) in [5.41, 5.74) is 0.856. The van der Waals surface area contributed by atoms with Crippen molar-refractivity contribution in [1.29, 1.82) is 0 Å². The predicted octanol–water partition coefficient (Wildman–Crippen LogP) is 1.11. The van der Waals surface area contributed by atoms with Crippen molar-refractivity contribution in [2.24, 2.45) is 4.99 Å². The molecule has 1 saturated heterocycles. The molecule has 0 aliphatic carbocycles. The van der Waals surface area contributed by atoms with E-state index in [0.717, 1.165) is 24.0 Å². The molecule has 3 rings (SSSR count). The lowest BCUT2D eigenvalue weighted by Crippen LogP contribution is -2.43. The second-order valence-corrected chi connectivity index (χ2v) is 5.63. The number of pyridine rings is 1. The summed E-state index contributed by atoms with van der Waals surface area (Å²) in [5, 5.41) is 15.0. The number of likely N-dealkylation sites (N-methyl/N-ethyl adjacent to an activating group) is 1. The van der Waals surface area contributed by atoms with Crippen molar-refractivity contribution in [2.75, 3.05) is 27.2 Å². The first kappa shape index (κ1) is 17.9. The smallest absolute Gasteiger partial charge is 0.191 e. The monoisotopic (exact) mass is 429 g/mol. The summed E-state index contributed by atoms with van der Waals surface area (Å²) in [6.07, 6.45) is 4.49. The predicted molar refractivity (Wildman–Crippen MR) is 102 cm³/mol. The zero-order chi connectivity index (χ0) is 15.4. The summed E-state index contributed by atoms with van der Waals surface area (Å²) < 4.78 is 1.98. The van der Waals surface area contributed by atoms with Gasteiger partial charge in [-0.2, -0.15) is 0 Å². The number of rotatable bonds is 4. The second kappa shape index (κ2) is 8.44. The standard InChI is InChI=1S/C15H23N7.HI/c1-16-15(17-10-12-6-5-8-21(12)2)18-11-14-20-19-13-7-3-4-9-22(13)14;/h3-4,7,9,12H,5-6,8,10-11H2,1-2H3,(H2,16,17,18);1H. The molecular formula is C15H24IN7. The van der Waals surface area contributed by atoms with Gasteiger partial charge in [0.2, 0.25) is 0 Å². The fourth-order valence-electron chi connectivity index (χ4n) is 2.85. The number of halogens is 1. The van der Waals surface area contributed by atoms with Gasteiger partial charge in [-0.3, -0.25) is 9.39 Å². The van der Waals surface area contributed by atoms with Crippen LogP contribution in [0.3, 0.4) is 0 Å². The molecule has 1 fully saturated rings. The Balaban J connectivity index is 0.00000192. The molecule has 2 aromatic rings. The quantitative estimate of drug-likeness (QED) is 0.433. The molecule has 0 saturated carbocycles. The van der Waals surface area contributed by atoms with E-state index in [2.05, 4.69) is 37.8 Å². The van der Waals surface area contributed by atoms with E-state index in [1.54, 1.807) is 7.05 Å². The highest BCUT2D eigenvalue weighted by molar-refractivity contribution is 14.0. The zero-order valence-electron chi connectivity index (χ0n) is 13.6. The fraction of sp³-hybridized carbons (Fsp3) is 0.533. The number of nitrogens with zero attached hydrogens (tertiary/aromatic N) is 5. The van der Waals surface area contributed by atoms with Crippen LogP contribution in [0.25, 0.3) is 5.65 Å². The Morgan fingerprint density at radius 1 is 1.35 bits per heavy atom. The van der Waals surface area contributed by atoms with E-state index in [0.29, 0.717) is 12.6 Å². The summed E-state index contributed by atoms with van der Waals surface area (Å²) in [6.45, 7) is 2.69. The van der Waals surface area contributed by atoms with Gasteiger partial charge < -0.3 is 15.5 Å². The number of hydrogen-bond acceptors (Lipinski definition) is 4. The van der Waals surface area contributed by atoms with E-state index in [9.17, 15) is 0 Å². The molecule has 0 spiro atoms. The second-order valence-electron chi connectivity index (χ2n) is 5.63. The van der Waals surface area contributed by atoms with E-state index >= 15 is 0 Å². The Kier molecular flexibility index (Phi) is 6.58. The summed E-state index contributed by atoms with van der Waals surface area (Å²) in [6, 6.07) is 6.47. The first-order valence-corrected chi connectivity index (χ1v) is 7.71. The number of aliphatic imine (C=N–C) groups is 1.